The second-order valence-corrected chi connectivity index (χ2v) is 5.85. The number of aromatic carboxylic acids is 1. The predicted octanol–water partition coefficient (Wildman–Crippen LogP) is 2.61. The highest BCUT2D eigenvalue weighted by Gasteiger charge is 2.22. The largest absolute Gasteiger partial charge is 0.476 e. The maximum Gasteiger partial charge on any atom is 0.356 e. The minimum absolute atomic E-state index is 0.147. The first kappa shape index (κ1) is 16.4. The molecular weight excluding hydrogens is 282 g/mol. The molecule has 2 rings (SSSR count). The summed E-state index contributed by atoms with van der Waals surface area (Å²) < 4.78 is 0. The molecule has 1 aliphatic carbocycles. The maximum atomic E-state index is 12.6. The second kappa shape index (κ2) is 7.87. The Labute approximate surface area is 130 Å². The molecule has 1 aromatic rings. The lowest BCUT2D eigenvalue weighted by atomic mass is 9.89. The van der Waals surface area contributed by atoms with Crippen molar-refractivity contribution in [2.24, 2.45) is 5.92 Å². The molecule has 1 N–H and O–H groups in total. The summed E-state index contributed by atoms with van der Waals surface area (Å²) in [6.07, 6.45) is 9.42. The molecule has 0 spiro atoms. The number of carbonyl (C=O) groups excluding carboxylic acids is 1. The molecule has 0 unspecified atom stereocenters. The summed E-state index contributed by atoms with van der Waals surface area (Å²) in [5, 5.41) is 8.83. The molecule has 22 heavy (non-hydrogen) atoms. The van der Waals surface area contributed by atoms with Gasteiger partial charge in [-0.1, -0.05) is 26.2 Å². The van der Waals surface area contributed by atoms with Gasteiger partial charge in [-0.15, -0.1) is 0 Å². The van der Waals surface area contributed by atoms with Gasteiger partial charge in [0.1, 0.15) is 5.69 Å². The number of hydrogen-bond acceptors (Lipinski definition) is 4. The smallest absolute Gasteiger partial charge is 0.356 e. The van der Waals surface area contributed by atoms with Crippen molar-refractivity contribution in [1.82, 2.24) is 14.9 Å². The van der Waals surface area contributed by atoms with E-state index in [1.165, 1.54) is 38.3 Å². The third kappa shape index (κ3) is 4.26. The van der Waals surface area contributed by atoms with Crippen LogP contribution in [0.25, 0.3) is 0 Å². The molecule has 1 heterocycles. The Kier molecular flexibility index (Phi) is 5.86. The van der Waals surface area contributed by atoms with Crippen LogP contribution in [0.5, 0.6) is 0 Å². The van der Waals surface area contributed by atoms with Gasteiger partial charge in [0.15, 0.2) is 5.69 Å². The molecule has 1 saturated carbocycles. The van der Waals surface area contributed by atoms with E-state index in [2.05, 4.69) is 9.97 Å². The number of aromatic nitrogens is 2. The van der Waals surface area contributed by atoms with E-state index < -0.39 is 5.97 Å². The van der Waals surface area contributed by atoms with Crippen LogP contribution in [0.3, 0.4) is 0 Å². The van der Waals surface area contributed by atoms with Crippen molar-refractivity contribution in [1.29, 1.82) is 0 Å². The summed E-state index contributed by atoms with van der Waals surface area (Å²) in [6.45, 7) is 3.49. The number of carboxylic acid groups (broad SMARTS) is 1. The van der Waals surface area contributed by atoms with Gasteiger partial charge in [-0.3, -0.25) is 4.79 Å². The zero-order valence-electron chi connectivity index (χ0n) is 13.0. The van der Waals surface area contributed by atoms with Gasteiger partial charge >= 0.3 is 5.97 Å². The summed E-state index contributed by atoms with van der Waals surface area (Å²) in [5.41, 5.74) is 0.0696. The quantitative estimate of drug-likeness (QED) is 0.873. The fraction of sp³-hybridized carbons (Fsp3) is 0.625. The average Bonchev–Trinajstić information content (AvgIpc) is 2.55. The Morgan fingerprint density at radius 1 is 1.18 bits per heavy atom. The van der Waals surface area contributed by atoms with Gasteiger partial charge in [0.2, 0.25) is 0 Å². The van der Waals surface area contributed by atoms with Crippen molar-refractivity contribution in [3.05, 3.63) is 23.8 Å². The summed E-state index contributed by atoms with van der Waals surface area (Å²) in [7, 11) is 0. The Morgan fingerprint density at radius 2 is 1.82 bits per heavy atom. The number of carbonyl (C=O) groups is 2. The van der Waals surface area contributed by atoms with Gasteiger partial charge < -0.3 is 10.0 Å². The van der Waals surface area contributed by atoms with Crippen LogP contribution < -0.4 is 0 Å². The second-order valence-electron chi connectivity index (χ2n) is 5.85. The fourth-order valence-corrected chi connectivity index (χ4v) is 2.94. The number of nitrogens with zero attached hydrogens (tertiary/aromatic N) is 3. The van der Waals surface area contributed by atoms with E-state index in [0.717, 1.165) is 19.2 Å². The molecule has 6 heteroatoms. The van der Waals surface area contributed by atoms with Gasteiger partial charge in [-0.2, -0.15) is 0 Å². The van der Waals surface area contributed by atoms with Crippen LogP contribution in [0.2, 0.25) is 0 Å². The SMILES string of the molecule is CCCN(CC1CCCCC1)C(=O)c1cnc(C(=O)O)cn1. The van der Waals surface area contributed by atoms with E-state index >= 15 is 0 Å². The predicted molar refractivity (Wildman–Crippen MR) is 81.8 cm³/mol. The van der Waals surface area contributed by atoms with Gasteiger partial charge in [-0.05, 0) is 25.2 Å². The highest BCUT2D eigenvalue weighted by molar-refractivity contribution is 5.92. The topological polar surface area (TPSA) is 83.4 Å². The molecule has 120 valence electrons. The van der Waals surface area contributed by atoms with Crippen LogP contribution in [0, 0.1) is 5.92 Å². The Bertz CT molecular complexity index is 510. The molecule has 0 aromatic carbocycles. The monoisotopic (exact) mass is 305 g/mol. The van der Waals surface area contributed by atoms with Gasteiger partial charge in [0.25, 0.3) is 5.91 Å². The first-order chi connectivity index (χ1) is 10.6. The highest BCUT2D eigenvalue weighted by Crippen LogP contribution is 2.24. The van der Waals surface area contributed by atoms with Crippen LogP contribution in [0.15, 0.2) is 12.4 Å². The van der Waals surface area contributed by atoms with Crippen molar-refractivity contribution < 1.29 is 14.7 Å². The lowest BCUT2D eigenvalue weighted by Crippen LogP contribution is -2.37. The van der Waals surface area contributed by atoms with Crippen LogP contribution in [0.4, 0.5) is 0 Å². The third-order valence-electron chi connectivity index (χ3n) is 4.07. The standard InChI is InChI=1S/C16H23N3O3/c1-2-8-19(11-12-6-4-3-5-7-12)15(20)13-9-18-14(10-17-13)16(21)22/h9-10,12H,2-8,11H2,1H3,(H,21,22). The van der Waals surface area contributed by atoms with Crippen molar-refractivity contribution in [2.45, 2.75) is 45.4 Å². The number of rotatable bonds is 6. The van der Waals surface area contributed by atoms with Crippen LogP contribution in [-0.4, -0.2) is 44.9 Å². The number of hydrogen-bond donors (Lipinski definition) is 1. The van der Waals surface area contributed by atoms with Crippen molar-refractivity contribution in [3.63, 3.8) is 0 Å². The molecule has 0 saturated heterocycles. The van der Waals surface area contributed by atoms with Gasteiger partial charge in [-0.25, -0.2) is 14.8 Å². The minimum Gasteiger partial charge on any atom is -0.476 e. The third-order valence-corrected chi connectivity index (χ3v) is 4.07. The van der Waals surface area contributed by atoms with Crippen LogP contribution in [-0.2, 0) is 0 Å². The van der Waals surface area contributed by atoms with Crippen LogP contribution in [0.1, 0.15) is 66.4 Å². The van der Waals surface area contributed by atoms with Gasteiger partial charge in [0.05, 0.1) is 12.4 Å². The summed E-state index contributed by atoms with van der Waals surface area (Å²) >= 11 is 0. The molecule has 0 bridgehead atoms. The van der Waals surface area contributed by atoms with E-state index in [9.17, 15) is 9.59 Å². The fourth-order valence-electron chi connectivity index (χ4n) is 2.94. The molecule has 1 aromatic heterocycles. The van der Waals surface area contributed by atoms with Gasteiger partial charge in [0, 0.05) is 13.1 Å². The summed E-state index contributed by atoms with van der Waals surface area (Å²) in [4.78, 5) is 32.9. The zero-order chi connectivity index (χ0) is 15.9. The van der Waals surface area contributed by atoms with E-state index in [4.69, 9.17) is 5.11 Å². The highest BCUT2D eigenvalue weighted by atomic mass is 16.4. The van der Waals surface area contributed by atoms with E-state index in [-0.39, 0.29) is 17.3 Å². The molecule has 0 radical (unpaired) electrons. The summed E-state index contributed by atoms with van der Waals surface area (Å²) in [5.74, 6) is -0.730. The molecule has 6 nitrogen and oxygen atoms in total. The number of amides is 1. The lowest BCUT2D eigenvalue weighted by molar-refractivity contribution is 0.0680. The van der Waals surface area contributed by atoms with Crippen molar-refractivity contribution in [3.8, 4) is 0 Å². The zero-order valence-corrected chi connectivity index (χ0v) is 13.0. The molecule has 0 aliphatic heterocycles. The Balaban J connectivity index is 2.05. The van der Waals surface area contributed by atoms with Crippen LogP contribution >= 0.6 is 0 Å². The molecule has 1 fully saturated rings. The van der Waals surface area contributed by atoms with Crippen molar-refractivity contribution in [2.75, 3.05) is 13.1 Å². The molecule has 1 amide bonds. The summed E-state index contributed by atoms with van der Waals surface area (Å²) in [6, 6.07) is 0. The first-order valence-electron chi connectivity index (χ1n) is 7.96. The minimum atomic E-state index is -1.14. The normalized spacial score (nSPS) is 15.5. The number of carboxylic acids is 1. The lowest BCUT2D eigenvalue weighted by Gasteiger charge is -2.29. The Hall–Kier alpha value is -1.98. The molecule has 1 aliphatic rings. The van der Waals surface area contributed by atoms with E-state index in [1.807, 2.05) is 11.8 Å². The van der Waals surface area contributed by atoms with Crippen molar-refractivity contribution >= 4 is 11.9 Å². The van der Waals surface area contributed by atoms with E-state index in [1.54, 1.807) is 0 Å². The average molecular weight is 305 g/mol. The Morgan fingerprint density at radius 3 is 2.36 bits per heavy atom. The molecule has 0 atom stereocenters. The first-order valence-corrected chi connectivity index (χ1v) is 7.96. The van der Waals surface area contributed by atoms with E-state index in [0.29, 0.717) is 12.5 Å². The maximum absolute atomic E-state index is 12.6. The molecular formula is C16H23N3O3.